The minimum absolute atomic E-state index is 0.673. The molecule has 4 nitrogen and oxygen atoms in total. The molecular formula is C47H28N4S. The lowest BCUT2D eigenvalue weighted by molar-refractivity contribution is 1.18. The number of aromatic nitrogens is 4. The third-order valence-corrected chi connectivity index (χ3v) is 11.4. The molecule has 0 aliphatic carbocycles. The second kappa shape index (κ2) is 11.4. The zero-order valence-corrected chi connectivity index (χ0v) is 28.7. The standard InChI is InChI=1S/C47H28N4S/c1-2-12-29(13-3-1)31-14-10-15-32(28-31)43-44-38(20-11-27-48-44)49-47(50-43)30-23-25-33(26-24-30)51-39-21-8-6-18-36(39)42-45(51)35-17-5-4-16-34(35)41-37-19-7-9-22-40(37)52-46(41)42/h1-28H. The maximum absolute atomic E-state index is 5.19. The number of fused-ring (bicyclic) bond motifs is 11. The van der Waals surface area contributed by atoms with Gasteiger partial charge in [0.1, 0.15) is 11.2 Å². The fourth-order valence-electron chi connectivity index (χ4n) is 7.92. The van der Waals surface area contributed by atoms with E-state index in [9.17, 15) is 0 Å². The minimum Gasteiger partial charge on any atom is -0.309 e. The van der Waals surface area contributed by atoms with E-state index in [1.54, 1.807) is 0 Å². The summed E-state index contributed by atoms with van der Waals surface area (Å²) in [5.41, 5.74) is 10.2. The van der Waals surface area contributed by atoms with E-state index in [-0.39, 0.29) is 0 Å². The van der Waals surface area contributed by atoms with Gasteiger partial charge in [-0.15, -0.1) is 11.3 Å². The van der Waals surface area contributed by atoms with Crippen LogP contribution < -0.4 is 0 Å². The Labute approximate surface area is 302 Å². The van der Waals surface area contributed by atoms with Gasteiger partial charge >= 0.3 is 0 Å². The first kappa shape index (κ1) is 29.1. The van der Waals surface area contributed by atoms with Crippen LogP contribution in [0.15, 0.2) is 170 Å². The van der Waals surface area contributed by atoms with Crippen molar-refractivity contribution in [2.75, 3.05) is 0 Å². The fraction of sp³-hybridized carbons (Fsp3) is 0. The molecule has 0 saturated heterocycles. The Hall–Kier alpha value is -6.69. The number of nitrogens with zero attached hydrogens (tertiary/aromatic N) is 4. The lowest BCUT2D eigenvalue weighted by Crippen LogP contribution is -1.98. The zero-order valence-electron chi connectivity index (χ0n) is 27.9. The molecule has 0 fully saturated rings. The van der Waals surface area contributed by atoms with Gasteiger partial charge in [-0.3, -0.25) is 4.98 Å². The van der Waals surface area contributed by atoms with Crippen molar-refractivity contribution in [3.63, 3.8) is 0 Å². The Morgan fingerprint density at radius 1 is 0.481 bits per heavy atom. The third kappa shape index (κ3) is 4.36. The topological polar surface area (TPSA) is 43.6 Å². The summed E-state index contributed by atoms with van der Waals surface area (Å²) in [7, 11) is 0. The minimum atomic E-state index is 0.673. The fourth-order valence-corrected chi connectivity index (χ4v) is 9.20. The van der Waals surface area contributed by atoms with Crippen molar-refractivity contribution >= 4 is 75.1 Å². The molecule has 11 aromatic rings. The van der Waals surface area contributed by atoms with E-state index in [4.69, 9.17) is 15.0 Å². The summed E-state index contributed by atoms with van der Waals surface area (Å²) in [4.78, 5) is 14.9. The summed E-state index contributed by atoms with van der Waals surface area (Å²) < 4.78 is 5.09. The molecule has 4 aromatic heterocycles. The molecule has 4 heterocycles. The van der Waals surface area contributed by atoms with Crippen molar-refractivity contribution in [1.29, 1.82) is 0 Å². The predicted molar refractivity (Wildman–Crippen MR) is 218 cm³/mol. The Balaban J connectivity index is 1.11. The van der Waals surface area contributed by atoms with Gasteiger partial charge in [0.25, 0.3) is 0 Å². The highest BCUT2D eigenvalue weighted by molar-refractivity contribution is 7.27. The van der Waals surface area contributed by atoms with E-state index >= 15 is 0 Å². The summed E-state index contributed by atoms with van der Waals surface area (Å²) in [5.74, 6) is 0.673. The molecule has 0 aliphatic rings. The Bertz CT molecular complexity index is 3180. The second-order valence-corrected chi connectivity index (χ2v) is 14.2. The van der Waals surface area contributed by atoms with E-state index < -0.39 is 0 Å². The second-order valence-electron chi connectivity index (χ2n) is 13.2. The number of hydrogen-bond acceptors (Lipinski definition) is 4. The average molecular weight is 681 g/mol. The molecule has 5 heteroatoms. The van der Waals surface area contributed by atoms with Crippen molar-refractivity contribution in [1.82, 2.24) is 19.5 Å². The van der Waals surface area contributed by atoms with E-state index in [0.29, 0.717) is 5.82 Å². The molecular weight excluding hydrogens is 653 g/mol. The first-order chi connectivity index (χ1) is 25.8. The average Bonchev–Trinajstić information content (AvgIpc) is 3.78. The quantitative estimate of drug-likeness (QED) is 0.186. The van der Waals surface area contributed by atoms with Crippen LogP contribution in [0.2, 0.25) is 0 Å². The highest BCUT2D eigenvalue weighted by Crippen LogP contribution is 2.48. The van der Waals surface area contributed by atoms with E-state index in [2.05, 4.69) is 150 Å². The number of thiophene rings is 1. The number of pyridine rings is 1. The van der Waals surface area contributed by atoms with Crippen molar-refractivity contribution in [3.8, 4) is 39.5 Å². The summed E-state index contributed by atoms with van der Waals surface area (Å²) in [5, 5.41) is 7.76. The van der Waals surface area contributed by atoms with Gasteiger partial charge in [-0.1, -0.05) is 109 Å². The molecule has 0 radical (unpaired) electrons. The molecule has 0 spiro atoms. The highest BCUT2D eigenvalue weighted by atomic mass is 32.1. The lowest BCUT2D eigenvalue weighted by Gasteiger charge is -2.13. The van der Waals surface area contributed by atoms with Gasteiger partial charge in [-0.2, -0.15) is 0 Å². The Kier molecular flexibility index (Phi) is 6.39. The molecule has 242 valence electrons. The molecule has 0 saturated carbocycles. The van der Waals surface area contributed by atoms with Crippen molar-refractivity contribution in [2.45, 2.75) is 0 Å². The SMILES string of the molecule is c1ccc(-c2cccc(-c3nc(-c4ccc(-n5c6ccccc6c6c7sc8ccccc8c7c7ccccc7c65)cc4)nc4cccnc34)c2)cc1. The smallest absolute Gasteiger partial charge is 0.160 e. The van der Waals surface area contributed by atoms with Crippen LogP contribution in [0.4, 0.5) is 0 Å². The predicted octanol–water partition coefficient (Wildman–Crippen LogP) is 12.6. The summed E-state index contributed by atoms with van der Waals surface area (Å²) in [6, 6.07) is 58.1. The highest BCUT2D eigenvalue weighted by Gasteiger charge is 2.22. The molecule has 7 aromatic carbocycles. The normalized spacial score (nSPS) is 11.8. The molecule has 0 N–H and O–H groups in total. The van der Waals surface area contributed by atoms with E-state index in [1.165, 1.54) is 52.8 Å². The molecule has 0 atom stereocenters. The first-order valence-electron chi connectivity index (χ1n) is 17.4. The largest absolute Gasteiger partial charge is 0.309 e. The van der Waals surface area contributed by atoms with Crippen LogP contribution in [0.3, 0.4) is 0 Å². The molecule has 0 aliphatic heterocycles. The molecule has 52 heavy (non-hydrogen) atoms. The molecule has 11 rings (SSSR count). The monoisotopic (exact) mass is 680 g/mol. The first-order valence-corrected chi connectivity index (χ1v) is 18.3. The van der Waals surface area contributed by atoms with Crippen LogP contribution in [0.1, 0.15) is 0 Å². The van der Waals surface area contributed by atoms with Gasteiger partial charge in [-0.05, 0) is 71.1 Å². The maximum Gasteiger partial charge on any atom is 0.160 e. The number of benzene rings is 7. The van der Waals surface area contributed by atoms with Crippen molar-refractivity contribution in [2.24, 2.45) is 0 Å². The maximum atomic E-state index is 5.19. The number of rotatable bonds is 4. The van der Waals surface area contributed by atoms with Crippen molar-refractivity contribution < 1.29 is 0 Å². The van der Waals surface area contributed by atoms with Gasteiger partial charge in [0, 0.05) is 59.3 Å². The van der Waals surface area contributed by atoms with Gasteiger partial charge in [-0.25, -0.2) is 9.97 Å². The van der Waals surface area contributed by atoms with Crippen molar-refractivity contribution in [3.05, 3.63) is 170 Å². The van der Waals surface area contributed by atoms with Crippen LogP contribution in [-0.4, -0.2) is 19.5 Å². The van der Waals surface area contributed by atoms with Crippen LogP contribution >= 0.6 is 11.3 Å². The molecule has 0 amide bonds. The van der Waals surface area contributed by atoms with Gasteiger partial charge in [0.05, 0.1) is 16.6 Å². The van der Waals surface area contributed by atoms with Gasteiger partial charge < -0.3 is 4.57 Å². The molecule has 0 unspecified atom stereocenters. The number of hydrogen-bond donors (Lipinski definition) is 0. The van der Waals surface area contributed by atoms with Crippen LogP contribution in [-0.2, 0) is 0 Å². The van der Waals surface area contributed by atoms with Crippen LogP contribution in [0.25, 0.3) is 103 Å². The third-order valence-electron chi connectivity index (χ3n) is 10.2. The lowest BCUT2D eigenvalue weighted by atomic mass is 10.00. The summed E-state index contributed by atoms with van der Waals surface area (Å²) in [6.45, 7) is 0. The molecule has 0 bridgehead atoms. The van der Waals surface area contributed by atoms with Gasteiger partial charge in [0.2, 0.25) is 0 Å². The Morgan fingerprint density at radius 3 is 2.06 bits per heavy atom. The summed E-state index contributed by atoms with van der Waals surface area (Å²) in [6.07, 6.45) is 1.81. The van der Waals surface area contributed by atoms with E-state index in [1.807, 2.05) is 35.7 Å². The van der Waals surface area contributed by atoms with Crippen LogP contribution in [0, 0.1) is 0 Å². The summed E-state index contributed by atoms with van der Waals surface area (Å²) >= 11 is 1.89. The Morgan fingerprint density at radius 2 is 1.19 bits per heavy atom. The van der Waals surface area contributed by atoms with Gasteiger partial charge in [0.15, 0.2) is 5.82 Å². The van der Waals surface area contributed by atoms with E-state index in [0.717, 1.165) is 44.7 Å². The van der Waals surface area contributed by atoms with Crippen LogP contribution in [0.5, 0.6) is 0 Å². The number of para-hydroxylation sites is 1. The zero-order chi connectivity index (χ0) is 34.2.